The number of ketones is 1. The van der Waals surface area contributed by atoms with Crippen molar-refractivity contribution in [3.8, 4) is 0 Å². The Morgan fingerprint density at radius 1 is 1.26 bits per heavy atom. The van der Waals surface area contributed by atoms with Gasteiger partial charge in [0.05, 0.1) is 12.8 Å². The summed E-state index contributed by atoms with van der Waals surface area (Å²) in [5.74, 6) is -3.05. The van der Waals surface area contributed by atoms with Crippen LogP contribution in [0.5, 0.6) is 0 Å². The number of hydrazone groups is 1. The van der Waals surface area contributed by atoms with Crippen LogP contribution in [0, 0.1) is 5.92 Å². The normalized spacial score (nSPS) is 22.5. The molecule has 1 aromatic carbocycles. The third kappa shape index (κ3) is 2.19. The second kappa shape index (κ2) is 5.31. The molecule has 1 N–H and O–H groups in total. The van der Waals surface area contributed by atoms with E-state index in [4.69, 9.17) is 0 Å². The highest BCUT2D eigenvalue weighted by Crippen LogP contribution is 2.31. The number of hydrogen-bond donors (Lipinski definition) is 1. The molecule has 8 nitrogen and oxygen atoms in total. The predicted octanol–water partition coefficient (Wildman–Crippen LogP) is -0.121. The number of anilines is 1. The predicted molar refractivity (Wildman–Crippen MR) is 78.8 cm³/mol. The zero-order chi connectivity index (χ0) is 16.7. The van der Waals surface area contributed by atoms with E-state index in [-0.39, 0.29) is 17.2 Å². The summed E-state index contributed by atoms with van der Waals surface area (Å²) in [5, 5.41) is 3.74. The summed E-state index contributed by atoms with van der Waals surface area (Å²) in [6.45, 7) is 1.39. The molecule has 2 heterocycles. The average molecular weight is 315 g/mol. The lowest BCUT2D eigenvalue weighted by atomic mass is 9.99. The minimum absolute atomic E-state index is 0.124. The number of amides is 2. The maximum absolute atomic E-state index is 12.6. The van der Waals surface area contributed by atoms with Gasteiger partial charge in [0.1, 0.15) is 12.0 Å². The zero-order valence-corrected chi connectivity index (χ0v) is 12.4. The molecule has 2 amide bonds. The van der Waals surface area contributed by atoms with Crippen LogP contribution in [0.25, 0.3) is 0 Å². The van der Waals surface area contributed by atoms with Gasteiger partial charge in [0.2, 0.25) is 5.91 Å². The molecule has 2 aliphatic heterocycles. The van der Waals surface area contributed by atoms with Gasteiger partial charge in [0.25, 0.3) is 5.91 Å². The van der Waals surface area contributed by atoms with Crippen LogP contribution in [-0.2, 0) is 19.1 Å². The van der Waals surface area contributed by atoms with E-state index in [0.29, 0.717) is 5.56 Å². The maximum atomic E-state index is 12.6. The standard InChI is InChI=1S/C15H13N3O5/c1-7(19)8-4-3-5-9(6-8)18-13(20)10-11(14(18)21)16-17-12(10)15(22)23-2/h3-6,10-11,16H,1-2H3/t10-,11-/m1/s1. The summed E-state index contributed by atoms with van der Waals surface area (Å²) in [6.07, 6.45) is 0. The summed E-state index contributed by atoms with van der Waals surface area (Å²) in [6, 6.07) is 5.27. The highest BCUT2D eigenvalue weighted by molar-refractivity contribution is 6.46. The number of benzene rings is 1. The first-order chi connectivity index (χ1) is 11.0. The first-order valence-electron chi connectivity index (χ1n) is 6.86. The molecule has 0 aliphatic carbocycles. The van der Waals surface area contributed by atoms with E-state index in [9.17, 15) is 19.2 Å². The summed E-state index contributed by atoms with van der Waals surface area (Å²) in [5.41, 5.74) is 3.05. The minimum Gasteiger partial charge on any atom is -0.464 e. The fourth-order valence-electron chi connectivity index (χ4n) is 2.68. The number of ether oxygens (including phenoxy) is 1. The number of carbonyl (C=O) groups excluding carboxylic acids is 4. The number of esters is 1. The molecule has 1 saturated heterocycles. The van der Waals surface area contributed by atoms with Crippen LogP contribution < -0.4 is 10.3 Å². The van der Waals surface area contributed by atoms with Gasteiger partial charge in [-0.1, -0.05) is 12.1 Å². The number of carbonyl (C=O) groups is 4. The summed E-state index contributed by atoms with van der Waals surface area (Å²) in [7, 11) is 1.17. The molecular formula is C15H13N3O5. The van der Waals surface area contributed by atoms with Crippen LogP contribution in [0.4, 0.5) is 5.69 Å². The smallest absolute Gasteiger partial charge is 0.355 e. The van der Waals surface area contributed by atoms with Gasteiger partial charge in [-0.05, 0) is 19.1 Å². The molecule has 0 unspecified atom stereocenters. The fraction of sp³-hybridized carbons (Fsp3) is 0.267. The van der Waals surface area contributed by atoms with E-state index in [1.165, 1.54) is 20.1 Å². The first-order valence-corrected chi connectivity index (χ1v) is 6.86. The monoisotopic (exact) mass is 315 g/mol. The molecule has 0 aromatic heterocycles. The number of fused-ring (bicyclic) bond motifs is 1. The molecule has 2 atom stereocenters. The number of nitrogens with one attached hydrogen (secondary N) is 1. The van der Waals surface area contributed by atoms with E-state index >= 15 is 0 Å². The Labute approximate surface area is 131 Å². The molecule has 118 valence electrons. The van der Waals surface area contributed by atoms with Gasteiger partial charge in [0, 0.05) is 5.56 Å². The Kier molecular flexibility index (Phi) is 3.44. The largest absolute Gasteiger partial charge is 0.464 e. The van der Waals surface area contributed by atoms with Crippen molar-refractivity contribution < 1.29 is 23.9 Å². The highest BCUT2D eigenvalue weighted by Gasteiger charge is 2.55. The molecule has 2 aliphatic rings. The molecule has 0 spiro atoms. The number of methoxy groups -OCH3 is 1. The lowest BCUT2D eigenvalue weighted by molar-refractivity contribution is -0.133. The van der Waals surface area contributed by atoms with Gasteiger partial charge >= 0.3 is 5.97 Å². The highest BCUT2D eigenvalue weighted by atomic mass is 16.5. The Morgan fingerprint density at radius 3 is 2.65 bits per heavy atom. The summed E-state index contributed by atoms with van der Waals surface area (Å²) >= 11 is 0. The van der Waals surface area contributed by atoms with Crippen LogP contribution in [0.3, 0.4) is 0 Å². The lowest BCUT2D eigenvalue weighted by Gasteiger charge is -2.16. The minimum atomic E-state index is -1.02. The van der Waals surface area contributed by atoms with Crippen molar-refractivity contribution in [3.63, 3.8) is 0 Å². The van der Waals surface area contributed by atoms with Crippen molar-refractivity contribution in [2.24, 2.45) is 11.0 Å². The first kappa shape index (κ1) is 14.9. The number of imide groups is 1. The van der Waals surface area contributed by atoms with Gasteiger partial charge in [0.15, 0.2) is 11.5 Å². The number of hydrogen-bond acceptors (Lipinski definition) is 7. The van der Waals surface area contributed by atoms with Crippen LogP contribution in [0.15, 0.2) is 29.4 Å². The molecule has 1 aromatic rings. The van der Waals surface area contributed by atoms with Gasteiger partial charge in [-0.2, -0.15) is 5.10 Å². The Bertz CT molecular complexity index is 770. The van der Waals surface area contributed by atoms with Gasteiger partial charge in [-0.3, -0.25) is 19.8 Å². The number of rotatable bonds is 3. The molecule has 0 saturated carbocycles. The SMILES string of the molecule is COC(=O)C1=NN[C@H]2C(=O)N(c3cccc(C(C)=O)c3)C(=O)[C@@H]12. The van der Waals surface area contributed by atoms with Gasteiger partial charge in [-0.25, -0.2) is 9.69 Å². The second-order valence-corrected chi connectivity index (χ2v) is 5.19. The maximum Gasteiger partial charge on any atom is 0.355 e. The van der Waals surface area contributed by atoms with Gasteiger partial charge < -0.3 is 4.74 Å². The van der Waals surface area contributed by atoms with Crippen molar-refractivity contribution in [1.82, 2.24) is 5.43 Å². The van der Waals surface area contributed by atoms with E-state index < -0.39 is 29.7 Å². The molecule has 3 rings (SSSR count). The molecule has 23 heavy (non-hydrogen) atoms. The van der Waals surface area contributed by atoms with Crippen LogP contribution >= 0.6 is 0 Å². The van der Waals surface area contributed by atoms with Crippen molar-refractivity contribution in [2.45, 2.75) is 13.0 Å². The summed E-state index contributed by atoms with van der Waals surface area (Å²) < 4.78 is 4.58. The second-order valence-electron chi connectivity index (χ2n) is 5.19. The molecule has 8 heteroatoms. The fourth-order valence-corrected chi connectivity index (χ4v) is 2.68. The average Bonchev–Trinajstić information content (AvgIpc) is 3.08. The van der Waals surface area contributed by atoms with Crippen molar-refractivity contribution >= 4 is 35.0 Å². The molecule has 0 bridgehead atoms. The molecular weight excluding hydrogens is 302 g/mol. The van der Waals surface area contributed by atoms with Crippen molar-refractivity contribution in [2.75, 3.05) is 12.0 Å². The summed E-state index contributed by atoms with van der Waals surface area (Å²) in [4.78, 5) is 49.2. The van der Waals surface area contributed by atoms with Gasteiger partial charge in [-0.15, -0.1) is 0 Å². The Morgan fingerprint density at radius 2 is 2.00 bits per heavy atom. The van der Waals surface area contributed by atoms with Crippen LogP contribution in [-0.4, -0.2) is 42.4 Å². The van der Waals surface area contributed by atoms with Crippen LogP contribution in [0.1, 0.15) is 17.3 Å². The number of nitrogens with zero attached hydrogens (tertiary/aromatic N) is 2. The van der Waals surface area contributed by atoms with Crippen molar-refractivity contribution in [1.29, 1.82) is 0 Å². The Hall–Kier alpha value is -3.03. The quantitative estimate of drug-likeness (QED) is 0.473. The van der Waals surface area contributed by atoms with E-state index in [2.05, 4.69) is 15.3 Å². The molecule has 0 radical (unpaired) electrons. The lowest BCUT2D eigenvalue weighted by Crippen LogP contribution is -2.36. The van der Waals surface area contributed by atoms with E-state index in [1.54, 1.807) is 18.2 Å². The third-order valence-electron chi connectivity index (χ3n) is 3.83. The van der Waals surface area contributed by atoms with E-state index in [1.807, 2.05) is 0 Å². The van der Waals surface area contributed by atoms with E-state index in [0.717, 1.165) is 4.90 Å². The molecule has 1 fully saturated rings. The van der Waals surface area contributed by atoms with Crippen molar-refractivity contribution in [3.05, 3.63) is 29.8 Å². The van der Waals surface area contributed by atoms with Crippen LogP contribution in [0.2, 0.25) is 0 Å². The topological polar surface area (TPSA) is 105 Å². The zero-order valence-electron chi connectivity index (χ0n) is 12.4. The Balaban J connectivity index is 1.98. The third-order valence-corrected chi connectivity index (χ3v) is 3.83. The number of Topliss-reactive ketones (excluding diaryl/α,β-unsaturated/α-hetero) is 1.